The van der Waals surface area contributed by atoms with Crippen molar-refractivity contribution in [3.05, 3.63) is 35.7 Å². The van der Waals surface area contributed by atoms with Gasteiger partial charge in [0.25, 0.3) is 0 Å². The van der Waals surface area contributed by atoms with Gasteiger partial charge < -0.3 is 5.32 Å². The summed E-state index contributed by atoms with van der Waals surface area (Å²) in [5.74, 6) is 0.319. The second-order valence-corrected chi connectivity index (χ2v) is 5.00. The standard InChI is InChI=1S/C14H15N5O2/c1-8-5-3-4-6-10(8)16-13(21)11-7-12(20)17-14-15-9(2)18-19(11)14/h3-6,11H,7H2,1-2H3,(H,16,21)(H,15,17,18,20). The van der Waals surface area contributed by atoms with Crippen molar-refractivity contribution in [1.29, 1.82) is 0 Å². The number of carbonyl (C=O) groups excluding carboxylic acids is 2. The largest absolute Gasteiger partial charge is 0.324 e. The molecule has 108 valence electrons. The van der Waals surface area contributed by atoms with Crippen LogP contribution in [0.15, 0.2) is 24.3 Å². The van der Waals surface area contributed by atoms with Crippen LogP contribution in [0.5, 0.6) is 0 Å². The summed E-state index contributed by atoms with van der Waals surface area (Å²) < 4.78 is 1.46. The Morgan fingerprint density at radius 2 is 2.14 bits per heavy atom. The Labute approximate surface area is 121 Å². The van der Waals surface area contributed by atoms with Gasteiger partial charge in [-0.3, -0.25) is 14.9 Å². The molecule has 2 aromatic rings. The molecule has 21 heavy (non-hydrogen) atoms. The molecule has 0 saturated carbocycles. The number of benzene rings is 1. The van der Waals surface area contributed by atoms with Crippen molar-refractivity contribution in [3.63, 3.8) is 0 Å². The van der Waals surface area contributed by atoms with Gasteiger partial charge in [-0.1, -0.05) is 18.2 Å². The number of para-hydroxylation sites is 1. The second-order valence-electron chi connectivity index (χ2n) is 5.00. The zero-order valence-corrected chi connectivity index (χ0v) is 11.8. The summed E-state index contributed by atoms with van der Waals surface area (Å²) in [5.41, 5.74) is 1.69. The second kappa shape index (κ2) is 5.01. The fourth-order valence-electron chi connectivity index (χ4n) is 2.30. The molecule has 1 aromatic heterocycles. The first-order valence-electron chi connectivity index (χ1n) is 6.64. The van der Waals surface area contributed by atoms with Crippen molar-refractivity contribution in [1.82, 2.24) is 14.8 Å². The number of rotatable bonds is 2. The average molecular weight is 285 g/mol. The maximum Gasteiger partial charge on any atom is 0.249 e. The number of fused-ring (bicyclic) bond motifs is 1. The zero-order valence-electron chi connectivity index (χ0n) is 11.8. The Morgan fingerprint density at radius 3 is 2.90 bits per heavy atom. The first-order valence-corrected chi connectivity index (χ1v) is 6.64. The first-order chi connectivity index (χ1) is 10.0. The summed E-state index contributed by atoms with van der Waals surface area (Å²) in [5, 5.41) is 9.64. The molecule has 2 amide bonds. The van der Waals surface area contributed by atoms with E-state index in [1.165, 1.54) is 4.68 Å². The van der Waals surface area contributed by atoms with Crippen LogP contribution >= 0.6 is 0 Å². The van der Waals surface area contributed by atoms with E-state index in [0.717, 1.165) is 11.3 Å². The highest BCUT2D eigenvalue weighted by molar-refractivity contribution is 6.01. The fourth-order valence-corrected chi connectivity index (χ4v) is 2.30. The van der Waals surface area contributed by atoms with E-state index in [1.54, 1.807) is 6.92 Å². The molecule has 3 rings (SSSR count). The summed E-state index contributed by atoms with van der Waals surface area (Å²) in [4.78, 5) is 28.3. The number of hydrogen-bond donors (Lipinski definition) is 2. The Balaban J connectivity index is 1.88. The zero-order chi connectivity index (χ0) is 15.0. The molecule has 7 nitrogen and oxygen atoms in total. The molecule has 0 aliphatic carbocycles. The molecular weight excluding hydrogens is 270 g/mol. The molecule has 1 aliphatic rings. The van der Waals surface area contributed by atoms with Crippen LogP contribution in [-0.4, -0.2) is 26.6 Å². The topological polar surface area (TPSA) is 88.9 Å². The fraction of sp³-hybridized carbons (Fsp3) is 0.286. The maximum absolute atomic E-state index is 12.5. The van der Waals surface area contributed by atoms with Crippen LogP contribution in [0.1, 0.15) is 23.9 Å². The monoisotopic (exact) mass is 285 g/mol. The van der Waals surface area contributed by atoms with E-state index >= 15 is 0 Å². The van der Waals surface area contributed by atoms with Crippen molar-refractivity contribution >= 4 is 23.5 Å². The quantitative estimate of drug-likeness (QED) is 0.873. The maximum atomic E-state index is 12.5. The summed E-state index contributed by atoms with van der Waals surface area (Å²) in [6.45, 7) is 3.63. The Hall–Kier alpha value is -2.70. The van der Waals surface area contributed by atoms with Gasteiger partial charge in [0.1, 0.15) is 11.9 Å². The van der Waals surface area contributed by atoms with Gasteiger partial charge in [-0.15, -0.1) is 0 Å². The van der Waals surface area contributed by atoms with Crippen molar-refractivity contribution in [2.75, 3.05) is 10.6 Å². The van der Waals surface area contributed by atoms with E-state index in [9.17, 15) is 9.59 Å². The molecule has 0 saturated heterocycles. The Bertz CT molecular complexity index is 722. The molecule has 2 N–H and O–H groups in total. The minimum Gasteiger partial charge on any atom is -0.324 e. The van der Waals surface area contributed by atoms with Crippen LogP contribution in [0.2, 0.25) is 0 Å². The highest BCUT2D eigenvalue weighted by Crippen LogP contribution is 2.24. The molecule has 2 heterocycles. The normalized spacial score (nSPS) is 17.0. The lowest BCUT2D eigenvalue weighted by Gasteiger charge is -2.22. The van der Waals surface area contributed by atoms with Gasteiger partial charge in [0, 0.05) is 5.69 Å². The van der Waals surface area contributed by atoms with E-state index < -0.39 is 6.04 Å². The van der Waals surface area contributed by atoms with Crippen LogP contribution in [0.3, 0.4) is 0 Å². The van der Waals surface area contributed by atoms with E-state index in [-0.39, 0.29) is 18.2 Å². The van der Waals surface area contributed by atoms with Gasteiger partial charge in [-0.05, 0) is 25.5 Å². The number of nitrogens with zero attached hydrogens (tertiary/aromatic N) is 3. The third-order valence-corrected chi connectivity index (χ3v) is 3.37. The minimum atomic E-state index is -0.686. The van der Waals surface area contributed by atoms with Gasteiger partial charge >= 0.3 is 0 Å². The number of hydrogen-bond acceptors (Lipinski definition) is 4. The third-order valence-electron chi connectivity index (χ3n) is 3.37. The number of aryl methyl sites for hydroxylation is 2. The van der Waals surface area contributed by atoms with Crippen LogP contribution in [0, 0.1) is 13.8 Å². The summed E-state index contributed by atoms with van der Waals surface area (Å²) in [6, 6.07) is 6.80. The lowest BCUT2D eigenvalue weighted by molar-refractivity contribution is -0.125. The lowest BCUT2D eigenvalue weighted by atomic mass is 10.1. The Morgan fingerprint density at radius 1 is 1.38 bits per heavy atom. The molecule has 7 heteroatoms. The van der Waals surface area contributed by atoms with E-state index in [0.29, 0.717) is 11.8 Å². The van der Waals surface area contributed by atoms with Crippen LogP contribution in [0.4, 0.5) is 11.6 Å². The van der Waals surface area contributed by atoms with Gasteiger partial charge in [0.15, 0.2) is 0 Å². The Kier molecular flexibility index (Phi) is 3.17. The minimum absolute atomic E-state index is 0.0491. The van der Waals surface area contributed by atoms with Gasteiger partial charge in [-0.25, -0.2) is 4.68 Å². The molecule has 0 spiro atoms. The van der Waals surface area contributed by atoms with Crippen LogP contribution in [0.25, 0.3) is 0 Å². The van der Waals surface area contributed by atoms with Gasteiger partial charge in [-0.2, -0.15) is 10.1 Å². The number of anilines is 2. The third kappa shape index (κ3) is 2.49. The van der Waals surface area contributed by atoms with E-state index in [1.807, 2.05) is 31.2 Å². The first kappa shape index (κ1) is 13.3. The summed E-state index contributed by atoms with van der Waals surface area (Å²) >= 11 is 0. The average Bonchev–Trinajstić information content (AvgIpc) is 2.80. The number of carbonyl (C=O) groups is 2. The van der Waals surface area contributed by atoms with E-state index in [2.05, 4.69) is 20.7 Å². The molecule has 0 bridgehead atoms. The predicted octanol–water partition coefficient (Wildman–Crippen LogP) is 1.42. The van der Waals surface area contributed by atoms with E-state index in [4.69, 9.17) is 0 Å². The van der Waals surface area contributed by atoms with Crippen molar-refractivity contribution < 1.29 is 9.59 Å². The molecular formula is C14H15N5O2. The van der Waals surface area contributed by atoms with Crippen molar-refractivity contribution in [3.8, 4) is 0 Å². The van der Waals surface area contributed by atoms with Crippen molar-refractivity contribution in [2.45, 2.75) is 26.3 Å². The van der Waals surface area contributed by atoms with Crippen LogP contribution in [-0.2, 0) is 9.59 Å². The molecule has 1 aliphatic heterocycles. The van der Waals surface area contributed by atoms with Gasteiger partial charge in [0.05, 0.1) is 6.42 Å². The van der Waals surface area contributed by atoms with Crippen molar-refractivity contribution in [2.24, 2.45) is 0 Å². The SMILES string of the molecule is Cc1nc2n(n1)C(C(=O)Nc1ccccc1C)CC(=O)N2. The number of nitrogens with one attached hydrogen (secondary N) is 2. The highest BCUT2D eigenvalue weighted by Gasteiger charge is 2.32. The summed E-state index contributed by atoms with van der Waals surface area (Å²) in [6.07, 6.45) is 0.0491. The van der Waals surface area contributed by atoms with Gasteiger partial charge in [0.2, 0.25) is 17.8 Å². The number of aromatic nitrogens is 3. The predicted molar refractivity (Wildman–Crippen MR) is 76.9 cm³/mol. The lowest BCUT2D eigenvalue weighted by Crippen LogP contribution is -2.36. The molecule has 1 aromatic carbocycles. The highest BCUT2D eigenvalue weighted by atomic mass is 16.2. The molecule has 0 fully saturated rings. The molecule has 1 unspecified atom stereocenters. The molecule has 1 atom stereocenters. The molecule has 0 radical (unpaired) electrons. The summed E-state index contributed by atoms with van der Waals surface area (Å²) in [7, 11) is 0. The van der Waals surface area contributed by atoms with Crippen LogP contribution < -0.4 is 10.6 Å². The number of amides is 2. The smallest absolute Gasteiger partial charge is 0.249 e.